The number of nitrogens with one attached hydrogen (secondary N) is 1. The zero-order chi connectivity index (χ0) is 9.97. The van der Waals surface area contributed by atoms with Gasteiger partial charge in [0.2, 0.25) is 0 Å². The van der Waals surface area contributed by atoms with Gasteiger partial charge in [-0.1, -0.05) is 22.5 Å². The monoisotopic (exact) mass is 191 g/mol. The number of likely N-dealkylation sites (N-methyl/N-ethyl adjacent to an activating group) is 1. The van der Waals surface area contributed by atoms with E-state index in [4.69, 9.17) is 0 Å². The first-order valence-electron chi connectivity index (χ1n) is 4.23. The van der Waals surface area contributed by atoms with E-state index < -0.39 is 0 Å². The summed E-state index contributed by atoms with van der Waals surface area (Å²) in [4.78, 5) is 11.3. The highest BCUT2D eigenvalue weighted by atomic mass is 16.6. The van der Waals surface area contributed by atoms with Crippen molar-refractivity contribution in [2.45, 2.75) is 6.42 Å². The Morgan fingerprint density at radius 1 is 1.57 bits per heavy atom. The summed E-state index contributed by atoms with van der Waals surface area (Å²) < 4.78 is 4.57. The van der Waals surface area contributed by atoms with E-state index in [1.807, 2.05) is 6.08 Å². The molecule has 72 valence electrons. The molecule has 1 heterocycles. The van der Waals surface area contributed by atoms with Crippen molar-refractivity contribution >= 4 is 12.0 Å². The number of fused-ring (bicyclic) bond motifs is 1. The Hall–Kier alpha value is -1.91. The second-order valence-electron chi connectivity index (χ2n) is 2.88. The van der Waals surface area contributed by atoms with Crippen LogP contribution in [0.2, 0.25) is 0 Å². The third kappa shape index (κ3) is 1.44. The average Bonchev–Trinajstić information content (AvgIpc) is 2.54. The summed E-state index contributed by atoms with van der Waals surface area (Å²) in [6.07, 6.45) is 5.91. The van der Waals surface area contributed by atoms with Crippen molar-refractivity contribution in [3.05, 3.63) is 29.1 Å². The molecule has 1 aromatic heterocycles. The van der Waals surface area contributed by atoms with Crippen LogP contribution in [0.4, 0.5) is 0 Å². The molecule has 0 radical (unpaired) electrons. The number of carbonyl (C=O) groups excluding carboxylic acids is 1. The summed E-state index contributed by atoms with van der Waals surface area (Å²) >= 11 is 0. The molecule has 0 bridgehead atoms. The summed E-state index contributed by atoms with van der Waals surface area (Å²) in [5.74, 6) is -0.142. The molecule has 0 atom stereocenters. The van der Waals surface area contributed by atoms with Gasteiger partial charge in [0.25, 0.3) is 5.91 Å². The van der Waals surface area contributed by atoms with Gasteiger partial charge in [0.15, 0.2) is 0 Å². The molecule has 14 heavy (non-hydrogen) atoms. The van der Waals surface area contributed by atoms with E-state index in [2.05, 4.69) is 20.3 Å². The van der Waals surface area contributed by atoms with Crippen LogP contribution in [0.1, 0.15) is 11.4 Å². The molecule has 0 aromatic carbocycles. The van der Waals surface area contributed by atoms with E-state index >= 15 is 0 Å². The molecule has 1 aliphatic carbocycles. The fourth-order valence-corrected chi connectivity index (χ4v) is 1.24. The minimum Gasteiger partial charge on any atom is -0.355 e. The summed E-state index contributed by atoms with van der Waals surface area (Å²) in [5.41, 5.74) is 1.93. The van der Waals surface area contributed by atoms with Crippen molar-refractivity contribution in [3.63, 3.8) is 0 Å². The van der Waals surface area contributed by atoms with Gasteiger partial charge in [-0.25, -0.2) is 4.63 Å². The van der Waals surface area contributed by atoms with E-state index in [9.17, 15) is 4.79 Å². The molecule has 1 amide bonds. The zero-order valence-corrected chi connectivity index (χ0v) is 7.65. The first-order chi connectivity index (χ1) is 6.81. The number of aromatic nitrogens is 2. The van der Waals surface area contributed by atoms with Gasteiger partial charge >= 0.3 is 0 Å². The minimum atomic E-state index is -0.142. The van der Waals surface area contributed by atoms with Gasteiger partial charge in [0, 0.05) is 19.0 Å². The lowest BCUT2D eigenvalue weighted by Crippen LogP contribution is -2.18. The Bertz CT molecular complexity index is 417. The Kier molecular flexibility index (Phi) is 2.14. The Morgan fingerprint density at radius 2 is 2.43 bits per heavy atom. The predicted molar refractivity (Wildman–Crippen MR) is 49.2 cm³/mol. The van der Waals surface area contributed by atoms with Gasteiger partial charge in [0.1, 0.15) is 11.4 Å². The number of hydrogen-bond acceptors (Lipinski definition) is 4. The highest BCUT2D eigenvalue weighted by molar-refractivity contribution is 6.00. The minimum absolute atomic E-state index is 0.142. The van der Waals surface area contributed by atoms with Crippen LogP contribution in [0.25, 0.3) is 6.08 Å². The number of hydrogen-bond donors (Lipinski definition) is 1. The summed E-state index contributed by atoms with van der Waals surface area (Å²) in [5, 5.41) is 9.97. The molecular weight excluding hydrogens is 182 g/mol. The van der Waals surface area contributed by atoms with Crippen LogP contribution in [-0.2, 0) is 11.2 Å². The maximum Gasteiger partial charge on any atom is 0.251 e. The molecule has 0 fully saturated rings. The van der Waals surface area contributed by atoms with E-state index in [1.54, 1.807) is 19.2 Å². The van der Waals surface area contributed by atoms with Crippen LogP contribution in [0.15, 0.2) is 22.4 Å². The third-order valence-electron chi connectivity index (χ3n) is 1.98. The number of amides is 1. The Labute approximate surface area is 80.4 Å². The zero-order valence-electron chi connectivity index (χ0n) is 7.65. The smallest absolute Gasteiger partial charge is 0.251 e. The molecule has 1 aromatic rings. The Morgan fingerprint density at radius 3 is 3.21 bits per heavy atom. The highest BCUT2D eigenvalue weighted by Gasteiger charge is 2.13. The second-order valence-corrected chi connectivity index (χ2v) is 2.88. The van der Waals surface area contributed by atoms with Gasteiger partial charge in [-0.05, 0) is 6.08 Å². The quantitative estimate of drug-likeness (QED) is 0.693. The largest absolute Gasteiger partial charge is 0.355 e. The molecule has 5 nitrogen and oxygen atoms in total. The van der Waals surface area contributed by atoms with Crippen LogP contribution < -0.4 is 5.32 Å². The van der Waals surface area contributed by atoms with Crippen LogP contribution in [0, 0.1) is 0 Å². The summed E-state index contributed by atoms with van der Waals surface area (Å²) in [7, 11) is 1.59. The summed E-state index contributed by atoms with van der Waals surface area (Å²) in [6, 6.07) is 0. The lowest BCUT2D eigenvalue weighted by Gasteiger charge is -1.97. The molecule has 0 spiro atoms. The first kappa shape index (κ1) is 8.68. The predicted octanol–water partition coefficient (Wildman–Crippen LogP) is 0.311. The maximum atomic E-state index is 11.3. The van der Waals surface area contributed by atoms with Crippen LogP contribution in [0.5, 0.6) is 0 Å². The first-order valence-corrected chi connectivity index (χ1v) is 4.23. The standard InChI is InChI=1S/C9H9N3O2/c1-10-9(13)6-3-2-4-7-8(5-6)12-14-11-7/h2-3,5H,4H2,1H3,(H,10,13). The molecular formula is C9H9N3O2. The number of nitrogens with zero attached hydrogens (tertiary/aromatic N) is 2. The fourth-order valence-electron chi connectivity index (χ4n) is 1.24. The Balaban J connectivity index is 2.40. The SMILES string of the molecule is CNC(=O)C1=Cc2nonc2CC=C1. The number of carbonyl (C=O) groups is 1. The fraction of sp³-hybridized carbons (Fsp3) is 0.222. The van der Waals surface area contributed by atoms with E-state index in [1.165, 1.54) is 0 Å². The lowest BCUT2D eigenvalue weighted by atomic mass is 10.2. The van der Waals surface area contributed by atoms with E-state index in [0.29, 0.717) is 17.7 Å². The van der Waals surface area contributed by atoms with Gasteiger partial charge in [0.05, 0.1) is 0 Å². The van der Waals surface area contributed by atoms with E-state index in [0.717, 1.165) is 5.69 Å². The molecule has 5 heteroatoms. The number of rotatable bonds is 1. The van der Waals surface area contributed by atoms with Crippen LogP contribution >= 0.6 is 0 Å². The topological polar surface area (TPSA) is 68.0 Å². The molecule has 2 rings (SSSR count). The molecule has 0 saturated heterocycles. The van der Waals surface area contributed by atoms with Crippen LogP contribution in [0.3, 0.4) is 0 Å². The average molecular weight is 191 g/mol. The normalized spacial score (nSPS) is 14.2. The van der Waals surface area contributed by atoms with Crippen molar-refractivity contribution in [2.24, 2.45) is 0 Å². The van der Waals surface area contributed by atoms with Gasteiger partial charge in [-0.3, -0.25) is 4.79 Å². The molecule has 0 aliphatic heterocycles. The second kappa shape index (κ2) is 3.45. The maximum absolute atomic E-state index is 11.3. The van der Waals surface area contributed by atoms with Gasteiger partial charge < -0.3 is 5.32 Å². The van der Waals surface area contributed by atoms with Crippen molar-refractivity contribution in [1.82, 2.24) is 15.6 Å². The third-order valence-corrected chi connectivity index (χ3v) is 1.98. The number of allylic oxidation sites excluding steroid dienone is 1. The van der Waals surface area contributed by atoms with Gasteiger partial charge in [-0.15, -0.1) is 0 Å². The molecule has 0 saturated carbocycles. The van der Waals surface area contributed by atoms with Crippen molar-refractivity contribution < 1.29 is 9.42 Å². The summed E-state index contributed by atoms with van der Waals surface area (Å²) in [6.45, 7) is 0. The lowest BCUT2D eigenvalue weighted by molar-refractivity contribution is -0.116. The van der Waals surface area contributed by atoms with Crippen molar-refractivity contribution in [1.29, 1.82) is 0 Å². The molecule has 0 unspecified atom stereocenters. The van der Waals surface area contributed by atoms with E-state index in [-0.39, 0.29) is 5.91 Å². The molecule has 1 aliphatic rings. The molecule has 1 N–H and O–H groups in total. The van der Waals surface area contributed by atoms with Gasteiger partial charge in [-0.2, -0.15) is 0 Å². The van der Waals surface area contributed by atoms with Crippen molar-refractivity contribution in [3.8, 4) is 0 Å². The van der Waals surface area contributed by atoms with Crippen molar-refractivity contribution in [2.75, 3.05) is 7.05 Å². The highest BCUT2D eigenvalue weighted by Crippen LogP contribution is 2.15. The van der Waals surface area contributed by atoms with Crippen LogP contribution in [-0.4, -0.2) is 23.3 Å².